The number of pyridine rings is 1. The molecule has 1 aliphatic carbocycles. The molecule has 252 valence electrons. The van der Waals surface area contributed by atoms with Crippen molar-refractivity contribution in [2.75, 3.05) is 0 Å². The summed E-state index contributed by atoms with van der Waals surface area (Å²) in [7, 11) is 0. The Morgan fingerprint density at radius 3 is 1.90 bits per heavy atom. The van der Waals surface area contributed by atoms with E-state index in [0.29, 0.717) is 0 Å². The van der Waals surface area contributed by atoms with E-state index in [1.807, 2.05) is 54.6 Å². The molecule has 1 aliphatic rings. The SMILES string of the molecule is CC(C)(C)c1cc(-c2nccc3nc(-c4ccc(-c5ccc(C6CCC(C(F)(F)F)(C(F)(F)F)CC6)cc5)cc4)sc23)cc2ccccc12. The number of alkyl halides is 6. The third kappa shape index (κ3) is 6.00. The summed E-state index contributed by atoms with van der Waals surface area (Å²) in [5.74, 6) is -0.345. The normalized spacial score (nSPS) is 16.0. The lowest BCUT2D eigenvalue weighted by atomic mass is 9.68. The van der Waals surface area contributed by atoms with Crippen molar-refractivity contribution in [2.24, 2.45) is 5.41 Å². The molecule has 0 amide bonds. The number of hydrogen-bond donors (Lipinski definition) is 0. The van der Waals surface area contributed by atoms with Gasteiger partial charge in [-0.3, -0.25) is 4.98 Å². The predicted octanol–water partition coefficient (Wildman–Crippen LogP) is 12.9. The highest BCUT2D eigenvalue weighted by Crippen LogP contribution is 2.60. The highest BCUT2D eigenvalue weighted by Gasteiger charge is 2.70. The molecule has 0 unspecified atom stereocenters. The summed E-state index contributed by atoms with van der Waals surface area (Å²) in [6, 6.07) is 30.2. The number of rotatable bonds is 4. The summed E-state index contributed by atoms with van der Waals surface area (Å²) in [5, 5.41) is 3.27. The average Bonchev–Trinajstić information content (AvgIpc) is 3.51. The van der Waals surface area contributed by atoms with E-state index in [-0.39, 0.29) is 24.2 Å². The second-order valence-corrected chi connectivity index (χ2v) is 15.1. The molecule has 9 heteroatoms. The minimum absolute atomic E-state index is 0.0550. The van der Waals surface area contributed by atoms with Crippen molar-refractivity contribution in [3.8, 4) is 33.0 Å². The number of hydrogen-bond acceptors (Lipinski definition) is 3. The fraction of sp³-hybridized carbons (Fsp3) is 0.300. The predicted molar refractivity (Wildman–Crippen MR) is 186 cm³/mol. The zero-order valence-corrected chi connectivity index (χ0v) is 28.0. The maximum Gasteiger partial charge on any atom is 0.403 e. The minimum Gasteiger partial charge on any atom is -0.255 e. The van der Waals surface area contributed by atoms with Gasteiger partial charge in [-0.05, 0) is 88.2 Å². The van der Waals surface area contributed by atoms with Crippen LogP contribution in [0.2, 0.25) is 0 Å². The van der Waals surface area contributed by atoms with E-state index in [4.69, 9.17) is 9.97 Å². The maximum atomic E-state index is 13.5. The van der Waals surface area contributed by atoms with Gasteiger partial charge in [0.2, 0.25) is 0 Å². The third-order valence-corrected chi connectivity index (χ3v) is 11.1. The monoisotopic (exact) mass is 688 g/mol. The van der Waals surface area contributed by atoms with Crippen LogP contribution in [0.15, 0.2) is 97.2 Å². The van der Waals surface area contributed by atoms with Gasteiger partial charge in [0.1, 0.15) is 5.01 Å². The maximum absolute atomic E-state index is 13.5. The fourth-order valence-corrected chi connectivity index (χ4v) is 8.25. The molecule has 2 aromatic heterocycles. The van der Waals surface area contributed by atoms with Crippen LogP contribution < -0.4 is 0 Å². The molecular formula is C40H34F6N2S. The van der Waals surface area contributed by atoms with Crippen molar-refractivity contribution < 1.29 is 26.3 Å². The summed E-state index contributed by atoms with van der Waals surface area (Å²) in [5.41, 5.74) is 3.99. The second kappa shape index (κ2) is 12.0. The fourth-order valence-electron chi connectivity index (χ4n) is 7.18. The quantitative estimate of drug-likeness (QED) is 0.172. The Morgan fingerprint density at radius 1 is 0.694 bits per heavy atom. The first-order chi connectivity index (χ1) is 23.1. The van der Waals surface area contributed by atoms with Crippen molar-refractivity contribution in [1.82, 2.24) is 9.97 Å². The highest BCUT2D eigenvalue weighted by atomic mass is 32.1. The number of fused-ring (bicyclic) bond motifs is 2. The summed E-state index contributed by atoms with van der Waals surface area (Å²) in [6.45, 7) is 6.66. The molecule has 7 rings (SSSR count). The first-order valence-corrected chi connectivity index (χ1v) is 17.1. The van der Waals surface area contributed by atoms with Gasteiger partial charge in [-0.15, -0.1) is 11.3 Å². The molecule has 49 heavy (non-hydrogen) atoms. The van der Waals surface area contributed by atoms with Crippen LogP contribution in [0, 0.1) is 5.41 Å². The Morgan fingerprint density at radius 2 is 1.29 bits per heavy atom. The molecule has 2 heterocycles. The first-order valence-electron chi connectivity index (χ1n) is 16.3. The molecule has 0 N–H and O–H groups in total. The van der Waals surface area contributed by atoms with E-state index in [1.54, 1.807) is 17.5 Å². The summed E-state index contributed by atoms with van der Waals surface area (Å²) in [6.07, 6.45) is -11.0. The molecule has 0 bridgehead atoms. The lowest BCUT2D eigenvalue weighted by molar-refractivity contribution is -0.350. The standard InChI is InChI=1S/C40H34F6N2S/c1-37(2,3)32-23-30(22-29-6-4-5-7-31(29)32)34-35-33(18-21-47-34)48-36(49-35)28-14-12-25(13-15-28)24-8-10-26(11-9-24)27-16-19-38(20-17-27,39(41,42)43)40(44,45)46/h4-15,18,21-23,27H,16-17,19-20H2,1-3H3. The zero-order chi connectivity index (χ0) is 34.8. The van der Waals surface area contributed by atoms with E-state index in [2.05, 4.69) is 57.2 Å². The molecular weight excluding hydrogens is 655 g/mol. The molecule has 0 saturated heterocycles. The van der Waals surface area contributed by atoms with Crippen LogP contribution in [0.4, 0.5) is 26.3 Å². The van der Waals surface area contributed by atoms with E-state index in [1.165, 1.54) is 16.3 Å². The van der Waals surface area contributed by atoms with Gasteiger partial charge in [0.05, 0.1) is 15.9 Å². The van der Waals surface area contributed by atoms with Crippen LogP contribution in [0.1, 0.15) is 63.5 Å². The summed E-state index contributed by atoms with van der Waals surface area (Å²) >= 11 is 1.60. The molecule has 6 aromatic rings. The van der Waals surface area contributed by atoms with Gasteiger partial charge in [0.15, 0.2) is 5.41 Å². The molecule has 4 aromatic carbocycles. The molecule has 0 atom stereocenters. The largest absolute Gasteiger partial charge is 0.403 e. The van der Waals surface area contributed by atoms with Crippen LogP contribution in [-0.2, 0) is 5.41 Å². The van der Waals surface area contributed by atoms with Gasteiger partial charge < -0.3 is 0 Å². The molecule has 0 aliphatic heterocycles. The lowest BCUT2D eigenvalue weighted by Crippen LogP contribution is -2.51. The topological polar surface area (TPSA) is 25.8 Å². The molecule has 1 saturated carbocycles. The Labute approximate surface area is 284 Å². The molecule has 2 nitrogen and oxygen atoms in total. The van der Waals surface area contributed by atoms with E-state index in [0.717, 1.165) is 48.7 Å². The van der Waals surface area contributed by atoms with E-state index < -0.39 is 30.6 Å². The Bertz CT molecular complexity index is 2110. The van der Waals surface area contributed by atoms with E-state index >= 15 is 0 Å². The number of nitrogens with zero attached hydrogens (tertiary/aromatic N) is 2. The van der Waals surface area contributed by atoms with Crippen molar-refractivity contribution in [1.29, 1.82) is 0 Å². The number of benzene rings is 4. The Hall–Kier alpha value is -4.24. The van der Waals surface area contributed by atoms with Crippen molar-refractivity contribution >= 4 is 32.3 Å². The second-order valence-electron chi connectivity index (χ2n) is 14.1. The van der Waals surface area contributed by atoms with Gasteiger partial charge in [-0.2, -0.15) is 26.3 Å². The molecule has 1 fully saturated rings. The Balaban J connectivity index is 1.12. The molecule has 0 radical (unpaired) electrons. The van der Waals surface area contributed by atoms with Gasteiger partial charge in [0.25, 0.3) is 0 Å². The van der Waals surface area contributed by atoms with E-state index in [9.17, 15) is 26.3 Å². The van der Waals surface area contributed by atoms with Gasteiger partial charge in [-0.1, -0.05) is 93.6 Å². The van der Waals surface area contributed by atoms with Crippen LogP contribution in [0.3, 0.4) is 0 Å². The third-order valence-electron chi connectivity index (χ3n) is 10.0. The van der Waals surface area contributed by atoms with Gasteiger partial charge in [0, 0.05) is 17.3 Å². The lowest BCUT2D eigenvalue weighted by Gasteiger charge is -2.42. The van der Waals surface area contributed by atoms with Crippen molar-refractivity contribution in [2.45, 2.75) is 70.1 Å². The van der Waals surface area contributed by atoms with Crippen LogP contribution in [-0.4, -0.2) is 22.3 Å². The van der Waals surface area contributed by atoms with Gasteiger partial charge >= 0.3 is 12.4 Å². The first kappa shape index (κ1) is 33.3. The van der Waals surface area contributed by atoms with Gasteiger partial charge in [-0.25, -0.2) is 4.98 Å². The highest BCUT2D eigenvalue weighted by molar-refractivity contribution is 7.22. The minimum atomic E-state index is -5.32. The number of aromatic nitrogens is 2. The van der Waals surface area contributed by atoms with Crippen LogP contribution >= 0.6 is 11.3 Å². The summed E-state index contributed by atoms with van der Waals surface area (Å²) < 4.78 is 82.1. The number of halogens is 6. The Kier molecular flexibility index (Phi) is 8.13. The van der Waals surface area contributed by atoms with Crippen molar-refractivity contribution in [3.63, 3.8) is 0 Å². The van der Waals surface area contributed by atoms with Crippen LogP contribution in [0.5, 0.6) is 0 Å². The smallest absolute Gasteiger partial charge is 0.255 e. The van der Waals surface area contributed by atoms with Crippen molar-refractivity contribution in [3.05, 3.63) is 108 Å². The summed E-state index contributed by atoms with van der Waals surface area (Å²) in [4.78, 5) is 9.75. The van der Waals surface area contributed by atoms with Crippen LogP contribution in [0.25, 0.3) is 53.9 Å². The average molecular weight is 689 g/mol. The molecule has 0 spiro atoms. The zero-order valence-electron chi connectivity index (χ0n) is 27.2. The number of thiazole rings is 1.